The average molecular weight is 267 g/mol. The first-order valence-electron chi connectivity index (χ1n) is 4.32. The maximum Gasteiger partial charge on any atom is 0.220 e. The number of hydrogen-bond acceptors (Lipinski definition) is 5. The molecule has 0 fully saturated rings. The summed E-state index contributed by atoms with van der Waals surface area (Å²) in [6.07, 6.45) is 0. The van der Waals surface area contributed by atoms with Gasteiger partial charge in [-0.2, -0.15) is 0 Å². The summed E-state index contributed by atoms with van der Waals surface area (Å²) in [4.78, 5) is 11.1. The lowest BCUT2D eigenvalue weighted by molar-refractivity contribution is -0.479. The van der Waals surface area contributed by atoms with Crippen LogP contribution in [0.15, 0.2) is 12.1 Å². The summed E-state index contributed by atoms with van der Waals surface area (Å²) in [5, 5.41) is 10.3. The van der Waals surface area contributed by atoms with Gasteiger partial charge in [0.2, 0.25) is 6.54 Å². The number of rotatable bonds is 6. The van der Waals surface area contributed by atoms with Crippen LogP contribution in [-0.4, -0.2) is 23.8 Å². The van der Waals surface area contributed by atoms with Crippen molar-refractivity contribution in [3.63, 3.8) is 0 Å². The highest BCUT2D eigenvalue weighted by atomic mass is 35.5. The number of halogens is 1. The van der Waals surface area contributed by atoms with Gasteiger partial charge in [0.25, 0.3) is 0 Å². The first-order valence-corrected chi connectivity index (χ1v) is 6.56. The van der Waals surface area contributed by atoms with E-state index < -0.39 is 0 Å². The van der Waals surface area contributed by atoms with E-state index in [4.69, 9.17) is 17.3 Å². The Balaban J connectivity index is 2.66. The van der Waals surface area contributed by atoms with Crippen molar-refractivity contribution in [2.75, 3.05) is 18.8 Å². The van der Waals surface area contributed by atoms with Crippen molar-refractivity contribution >= 4 is 34.7 Å². The van der Waals surface area contributed by atoms with Crippen molar-refractivity contribution in [1.82, 2.24) is 0 Å². The standard InChI is InChI=1S/C8H11ClN2O2S2/c9-8-2-1-6(15-8)7(5-11(12)13)14-4-3-10/h1-2,7H,3-5,10H2. The predicted molar refractivity (Wildman–Crippen MR) is 65.4 cm³/mol. The van der Waals surface area contributed by atoms with Crippen molar-refractivity contribution in [1.29, 1.82) is 0 Å². The van der Waals surface area contributed by atoms with E-state index in [1.807, 2.05) is 6.07 Å². The highest BCUT2D eigenvalue weighted by Crippen LogP contribution is 2.35. The molecule has 1 heterocycles. The quantitative estimate of drug-likeness (QED) is 0.634. The van der Waals surface area contributed by atoms with Gasteiger partial charge in [-0.3, -0.25) is 10.1 Å². The average Bonchev–Trinajstić information content (AvgIpc) is 2.58. The summed E-state index contributed by atoms with van der Waals surface area (Å²) in [5.74, 6) is 0.716. The first kappa shape index (κ1) is 12.8. The second kappa shape index (κ2) is 6.32. The molecule has 0 spiro atoms. The lowest BCUT2D eigenvalue weighted by Crippen LogP contribution is -2.11. The molecule has 0 saturated carbocycles. The van der Waals surface area contributed by atoms with Gasteiger partial charge in [-0.15, -0.1) is 23.1 Å². The van der Waals surface area contributed by atoms with Crippen molar-refractivity contribution in [3.05, 3.63) is 31.5 Å². The van der Waals surface area contributed by atoms with Crippen LogP contribution in [0.3, 0.4) is 0 Å². The van der Waals surface area contributed by atoms with Crippen LogP contribution in [0.1, 0.15) is 10.1 Å². The zero-order chi connectivity index (χ0) is 11.3. The predicted octanol–water partition coefficient (Wildman–Crippen LogP) is 2.41. The van der Waals surface area contributed by atoms with E-state index in [1.54, 1.807) is 6.07 Å². The highest BCUT2D eigenvalue weighted by molar-refractivity contribution is 7.99. The van der Waals surface area contributed by atoms with Gasteiger partial charge in [0.1, 0.15) is 5.25 Å². The minimum atomic E-state index is -0.304. The number of hydrogen-bond donors (Lipinski definition) is 1. The molecule has 84 valence electrons. The minimum absolute atomic E-state index is 0.0818. The Labute approximate surface area is 101 Å². The molecule has 1 aromatic heterocycles. The molecule has 0 radical (unpaired) electrons. The van der Waals surface area contributed by atoms with Gasteiger partial charge in [-0.1, -0.05) is 11.6 Å². The van der Waals surface area contributed by atoms with Gasteiger partial charge in [0.05, 0.1) is 4.34 Å². The van der Waals surface area contributed by atoms with Crippen molar-refractivity contribution in [2.24, 2.45) is 5.73 Å². The molecule has 7 heteroatoms. The Morgan fingerprint density at radius 3 is 2.87 bits per heavy atom. The van der Waals surface area contributed by atoms with E-state index in [-0.39, 0.29) is 16.7 Å². The molecule has 0 aromatic carbocycles. The Morgan fingerprint density at radius 2 is 2.40 bits per heavy atom. The van der Waals surface area contributed by atoms with Gasteiger partial charge in [-0.05, 0) is 12.1 Å². The SMILES string of the molecule is NCCSC(C[N+](=O)[O-])c1ccc(Cl)s1. The fourth-order valence-corrected chi connectivity index (χ4v) is 3.34. The van der Waals surface area contributed by atoms with Gasteiger partial charge in [0.15, 0.2) is 0 Å². The molecular formula is C8H11ClN2O2S2. The van der Waals surface area contributed by atoms with Gasteiger partial charge in [-0.25, -0.2) is 0 Å². The third kappa shape index (κ3) is 4.38. The molecule has 2 N–H and O–H groups in total. The molecule has 1 aromatic rings. The summed E-state index contributed by atoms with van der Waals surface area (Å²) < 4.78 is 0.659. The molecule has 0 aliphatic rings. The number of thioether (sulfide) groups is 1. The maximum absolute atomic E-state index is 10.5. The molecule has 1 atom stereocenters. The van der Waals surface area contributed by atoms with Crippen LogP contribution in [0.4, 0.5) is 0 Å². The van der Waals surface area contributed by atoms with Crippen molar-refractivity contribution in [3.8, 4) is 0 Å². The zero-order valence-electron chi connectivity index (χ0n) is 7.89. The molecule has 0 aliphatic heterocycles. The van der Waals surface area contributed by atoms with E-state index >= 15 is 0 Å². The fraction of sp³-hybridized carbons (Fsp3) is 0.500. The Bertz CT molecular complexity index is 332. The second-order valence-electron chi connectivity index (χ2n) is 2.81. The number of nitrogens with zero attached hydrogens (tertiary/aromatic N) is 1. The monoisotopic (exact) mass is 266 g/mol. The molecule has 0 bridgehead atoms. The lowest BCUT2D eigenvalue weighted by Gasteiger charge is -2.09. The van der Waals surface area contributed by atoms with E-state index in [0.717, 1.165) is 4.88 Å². The first-order chi connectivity index (χ1) is 7.13. The normalized spacial score (nSPS) is 12.7. The number of thiophene rings is 1. The Hall–Kier alpha value is -0.300. The van der Waals surface area contributed by atoms with E-state index in [1.165, 1.54) is 23.1 Å². The highest BCUT2D eigenvalue weighted by Gasteiger charge is 2.19. The topological polar surface area (TPSA) is 69.2 Å². The van der Waals surface area contributed by atoms with Gasteiger partial charge in [0, 0.05) is 22.1 Å². The summed E-state index contributed by atoms with van der Waals surface area (Å²) in [6, 6.07) is 3.60. The number of nitro groups is 1. The minimum Gasteiger partial charge on any atom is -0.330 e. The summed E-state index contributed by atoms with van der Waals surface area (Å²) in [5.41, 5.74) is 5.38. The Morgan fingerprint density at radius 1 is 1.67 bits per heavy atom. The van der Waals surface area contributed by atoms with Gasteiger partial charge < -0.3 is 5.73 Å². The molecular weight excluding hydrogens is 256 g/mol. The smallest absolute Gasteiger partial charge is 0.220 e. The Kier molecular flexibility index (Phi) is 5.38. The van der Waals surface area contributed by atoms with Crippen LogP contribution in [0.5, 0.6) is 0 Å². The van der Waals surface area contributed by atoms with Crippen LogP contribution in [0, 0.1) is 10.1 Å². The summed E-state index contributed by atoms with van der Waals surface area (Å²) in [6.45, 7) is 0.444. The van der Waals surface area contributed by atoms with Crippen LogP contribution < -0.4 is 5.73 Å². The largest absolute Gasteiger partial charge is 0.330 e. The molecule has 0 saturated heterocycles. The molecule has 1 rings (SSSR count). The van der Waals surface area contributed by atoms with Gasteiger partial charge >= 0.3 is 0 Å². The maximum atomic E-state index is 10.5. The van der Waals surface area contributed by atoms with E-state index in [0.29, 0.717) is 16.6 Å². The van der Waals surface area contributed by atoms with Crippen LogP contribution in [0.25, 0.3) is 0 Å². The molecule has 1 unspecified atom stereocenters. The number of nitrogens with two attached hydrogens (primary N) is 1. The second-order valence-corrected chi connectivity index (χ2v) is 5.86. The summed E-state index contributed by atoms with van der Waals surface area (Å²) in [7, 11) is 0. The lowest BCUT2D eigenvalue weighted by atomic mass is 10.3. The van der Waals surface area contributed by atoms with Crippen LogP contribution in [0.2, 0.25) is 4.34 Å². The van der Waals surface area contributed by atoms with Crippen LogP contribution >= 0.6 is 34.7 Å². The molecule has 15 heavy (non-hydrogen) atoms. The molecule has 0 aliphatic carbocycles. The third-order valence-corrected chi connectivity index (χ3v) is 4.43. The molecule has 0 amide bonds. The van der Waals surface area contributed by atoms with Crippen molar-refractivity contribution in [2.45, 2.75) is 5.25 Å². The third-order valence-electron chi connectivity index (χ3n) is 1.66. The van der Waals surface area contributed by atoms with E-state index in [9.17, 15) is 10.1 Å². The summed E-state index contributed by atoms with van der Waals surface area (Å²) >= 11 is 8.68. The zero-order valence-corrected chi connectivity index (χ0v) is 10.3. The van der Waals surface area contributed by atoms with Crippen LogP contribution in [-0.2, 0) is 0 Å². The molecule has 4 nitrogen and oxygen atoms in total. The van der Waals surface area contributed by atoms with Crippen molar-refractivity contribution < 1.29 is 4.92 Å². The van der Waals surface area contributed by atoms with E-state index in [2.05, 4.69) is 0 Å². The fourth-order valence-electron chi connectivity index (χ4n) is 1.07.